The third-order valence-corrected chi connectivity index (χ3v) is 2.02. The molecule has 0 saturated heterocycles. The van der Waals surface area contributed by atoms with Crippen LogP contribution in [0.1, 0.15) is 6.92 Å². The number of ether oxygens (including phenoxy) is 2. The molecule has 0 aromatic carbocycles. The Balaban J connectivity index is 3.03. The van der Waals surface area contributed by atoms with Gasteiger partial charge in [-0.3, -0.25) is 0 Å². The summed E-state index contributed by atoms with van der Waals surface area (Å²) in [7, 11) is 2.75. The number of allylic oxidation sites excluding steroid dienone is 2. The van der Waals surface area contributed by atoms with Gasteiger partial charge < -0.3 is 19.7 Å². The molecule has 2 atom stereocenters. The summed E-state index contributed by atoms with van der Waals surface area (Å²) in [6, 6.07) is 0. The average molecular weight is 186 g/mol. The predicted molar refractivity (Wildman–Crippen MR) is 47.2 cm³/mol. The van der Waals surface area contributed by atoms with Gasteiger partial charge in [0.1, 0.15) is 5.76 Å². The summed E-state index contributed by atoms with van der Waals surface area (Å²) in [5.74, 6) is -1.61. The Bertz CT molecular complexity index is 256. The number of methoxy groups -OCH3 is 2. The van der Waals surface area contributed by atoms with Crippen molar-refractivity contribution in [1.29, 1.82) is 0 Å². The van der Waals surface area contributed by atoms with Crippen LogP contribution >= 0.6 is 0 Å². The fraction of sp³-hybridized carbons (Fsp3) is 0.556. The van der Waals surface area contributed by atoms with E-state index in [-0.39, 0.29) is 5.76 Å². The summed E-state index contributed by atoms with van der Waals surface area (Å²) in [4.78, 5) is 0. The molecule has 1 aliphatic rings. The number of aliphatic hydroxyl groups is 2. The number of hydrogen-bond donors (Lipinski definition) is 2. The molecule has 0 spiro atoms. The maximum absolute atomic E-state index is 9.86. The van der Waals surface area contributed by atoms with E-state index < -0.39 is 11.9 Å². The molecule has 0 saturated carbocycles. The first kappa shape index (κ1) is 10.2. The van der Waals surface area contributed by atoms with Crippen LogP contribution < -0.4 is 0 Å². The lowest BCUT2D eigenvalue weighted by atomic mass is 9.98. The van der Waals surface area contributed by atoms with Gasteiger partial charge in [-0.2, -0.15) is 0 Å². The van der Waals surface area contributed by atoms with Crippen LogP contribution in [0, 0.1) is 0 Å². The highest BCUT2D eigenvalue weighted by Gasteiger charge is 2.40. The van der Waals surface area contributed by atoms with Gasteiger partial charge in [-0.05, 0) is 24.6 Å². The fourth-order valence-corrected chi connectivity index (χ4v) is 1.42. The second kappa shape index (κ2) is 3.49. The Labute approximate surface area is 77.1 Å². The van der Waals surface area contributed by atoms with E-state index in [2.05, 4.69) is 0 Å². The SMILES string of the molecule is COC1C(O)=CC(C)=CC1(O)OC. The topological polar surface area (TPSA) is 58.9 Å². The molecule has 2 unspecified atom stereocenters. The summed E-state index contributed by atoms with van der Waals surface area (Å²) < 4.78 is 9.80. The van der Waals surface area contributed by atoms with Crippen LogP contribution in [0.25, 0.3) is 0 Å². The molecule has 0 fully saturated rings. The van der Waals surface area contributed by atoms with Crippen LogP contribution in [-0.4, -0.2) is 36.3 Å². The van der Waals surface area contributed by atoms with Gasteiger partial charge in [0, 0.05) is 14.2 Å². The molecule has 0 amide bonds. The normalized spacial score (nSPS) is 34.0. The van der Waals surface area contributed by atoms with Gasteiger partial charge in [0.25, 0.3) is 0 Å². The van der Waals surface area contributed by atoms with E-state index in [1.807, 2.05) is 0 Å². The summed E-state index contributed by atoms with van der Waals surface area (Å²) in [5.41, 5.74) is 0.732. The predicted octanol–water partition coefficient (Wildman–Crippen LogP) is 0.738. The highest BCUT2D eigenvalue weighted by molar-refractivity contribution is 5.31. The fourth-order valence-electron chi connectivity index (χ4n) is 1.42. The Kier molecular flexibility index (Phi) is 2.75. The summed E-state index contributed by atoms with van der Waals surface area (Å²) in [6.07, 6.45) is 2.17. The molecule has 0 aliphatic heterocycles. The van der Waals surface area contributed by atoms with Gasteiger partial charge in [-0.15, -0.1) is 0 Å². The lowest BCUT2D eigenvalue weighted by Crippen LogP contribution is -2.46. The summed E-state index contributed by atoms with van der Waals surface area (Å²) in [6.45, 7) is 1.76. The molecule has 0 aromatic heterocycles. The van der Waals surface area contributed by atoms with Crippen molar-refractivity contribution >= 4 is 0 Å². The molecular weight excluding hydrogens is 172 g/mol. The van der Waals surface area contributed by atoms with Crippen molar-refractivity contribution in [3.63, 3.8) is 0 Å². The smallest absolute Gasteiger partial charge is 0.220 e. The molecule has 74 valence electrons. The van der Waals surface area contributed by atoms with Crippen LogP contribution in [0.2, 0.25) is 0 Å². The molecule has 4 heteroatoms. The van der Waals surface area contributed by atoms with E-state index in [0.717, 1.165) is 5.57 Å². The van der Waals surface area contributed by atoms with E-state index in [1.165, 1.54) is 26.4 Å². The Morgan fingerprint density at radius 1 is 1.46 bits per heavy atom. The van der Waals surface area contributed by atoms with Gasteiger partial charge in [-0.25, -0.2) is 0 Å². The van der Waals surface area contributed by atoms with Crippen molar-refractivity contribution in [3.8, 4) is 0 Å². The first-order valence-corrected chi connectivity index (χ1v) is 3.94. The third kappa shape index (κ3) is 1.75. The molecule has 1 aliphatic carbocycles. The molecule has 0 heterocycles. The molecule has 2 N–H and O–H groups in total. The van der Waals surface area contributed by atoms with E-state index in [9.17, 15) is 10.2 Å². The molecule has 1 rings (SSSR count). The minimum atomic E-state index is -1.57. The van der Waals surface area contributed by atoms with E-state index >= 15 is 0 Å². The first-order chi connectivity index (χ1) is 6.03. The van der Waals surface area contributed by atoms with Crippen LogP contribution in [0.5, 0.6) is 0 Å². The van der Waals surface area contributed by atoms with E-state index in [1.54, 1.807) is 6.92 Å². The molecule has 0 bridgehead atoms. The largest absolute Gasteiger partial charge is 0.509 e. The second-order valence-corrected chi connectivity index (χ2v) is 3.03. The summed E-state index contributed by atoms with van der Waals surface area (Å²) in [5, 5.41) is 19.3. The quantitative estimate of drug-likeness (QED) is 0.624. The van der Waals surface area contributed by atoms with Gasteiger partial charge in [0.2, 0.25) is 5.79 Å². The zero-order valence-corrected chi connectivity index (χ0v) is 7.94. The zero-order chi connectivity index (χ0) is 10.1. The van der Waals surface area contributed by atoms with Crippen molar-refractivity contribution < 1.29 is 19.7 Å². The molecule has 13 heavy (non-hydrogen) atoms. The Hall–Kier alpha value is -0.840. The van der Waals surface area contributed by atoms with Gasteiger partial charge >= 0.3 is 0 Å². The average Bonchev–Trinajstić information content (AvgIpc) is 2.03. The standard InChI is InChI=1S/C9H14O4/c1-6-4-7(10)8(12-2)9(11,5-6)13-3/h4-5,8,10-11H,1-3H3. The Morgan fingerprint density at radius 3 is 2.54 bits per heavy atom. The van der Waals surface area contributed by atoms with Crippen molar-refractivity contribution in [3.05, 3.63) is 23.5 Å². The Morgan fingerprint density at radius 2 is 2.08 bits per heavy atom. The lowest BCUT2D eigenvalue weighted by Gasteiger charge is -2.33. The van der Waals surface area contributed by atoms with Crippen molar-refractivity contribution in [2.45, 2.75) is 18.8 Å². The van der Waals surface area contributed by atoms with Crippen molar-refractivity contribution in [2.75, 3.05) is 14.2 Å². The minimum Gasteiger partial charge on any atom is -0.509 e. The van der Waals surface area contributed by atoms with E-state index in [4.69, 9.17) is 9.47 Å². The maximum Gasteiger partial charge on any atom is 0.220 e. The highest BCUT2D eigenvalue weighted by Crippen LogP contribution is 2.28. The number of aliphatic hydroxyl groups excluding tert-OH is 1. The number of rotatable bonds is 2. The van der Waals surface area contributed by atoms with Gasteiger partial charge in [0.05, 0.1) is 0 Å². The minimum absolute atomic E-state index is 0.0353. The van der Waals surface area contributed by atoms with Crippen LogP contribution in [-0.2, 0) is 9.47 Å². The summed E-state index contributed by atoms with van der Waals surface area (Å²) >= 11 is 0. The van der Waals surface area contributed by atoms with Gasteiger partial charge in [0.15, 0.2) is 6.10 Å². The highest BCUT2D eigenvalue weighted by atomic mass is 16.6. The number of hydrogen-bond acceptors (Lipinski definition) is 4. The molecule has 0 aromatic rings. The first-order valence-electron chi connectivity index (χ1n) is 3.94. The van der Waals surface area contributed by atoms with E-state index in [0.29, 0.717) is 0 Å². The monoisotopic (exact) mass is 186 g/mol. The third-order valence-electron chi connectivity index (χ3n) is 2.02. The second-order valence-electron chi connectivity index (χ2n) is 3.03. The maximum atomic E-state index is 9.86. The molecule has 0 radical (unpaired) electrons. The van der Waals surface area contributed by atoms with Crippen molar-refractivity contribution in [1.82, 2.24) is 0 Å². The lowest BCUT2D eigenvalue weighted by molar-refractivity contribution is -0.213. The van der Waals surface area contributed by atoms with Crippen LogP contribution in [0.3, 0.4) is 0 Å². The van der Waals surface area contributed by atoms with Crippen molar-refractivity contribution in [2.24, 2.45) is 0 Å². The zero-order valence-electron chi connectivity index (χ0n) is 7.94. The van der Waals surface area contributed by atoms with Crippen LogP contribution in [0.15, 0.2) is 23.5 Å². The van der Waals surface area contributed by atoms with Crippen LogP contribution in [0.4, 0.5) is 0 Å². The molecule has 4 nitrogen and oxygen atoms in total. The van der Waals surface area contributed by atoms with Gasteiger partial charge in [-0.1, -0.05) is 0 Å². The molecular formula is C9H14O4.